The molecule has 0 spiro atoms. The second-order valence-corrected chi connectivity index (χ2v) is 0. The summed E-state index contributed by atoms with van der Waals surface area (Å²) < 4.78 is 0. The van der Waals surface area contributed by atoms with E-state index in [1.807, 2.05) is 0 Å². The minimum Gasteiger partial charge on any atom is 0 e. The molecule has 4 N–H and O–H groups in total. The third-order valence-electron chi connectivity index (χ3n) is 0. The fraction of sp³-hybridized carbons (Fsp3) is 0. The Balaban J connectivity index is 0. The van der Waals surface area contributed by atoms with Gasteiger partial charge in [0, 0.05) is 19.5 Å². The van der Waals surface area contributed by atoms with Gasteiger partial charge < -0.3 is 11.0 Å². The summed E-state index contributed by atoms with van der Waals surface area (Å²) in [6.07, 6.45) is 0. The van der Waals surface area contributed by atoms with Crippen molar-refractivity contribution < 1.29 is 30.4 Å². The topological polar surface area (TPSA) is 63.0 Å². The summed E-state index contributed by atoms with van der Waals surface area (Å²) in [6, 6.07) is 0. The van der Waals surface area contributed by atoms with Crippen molar-refractivity contribution in [1.29, 1.82) is 0 Å². The van der Waals surface area contributed by atoms with Gasteiger partial charge in [-0.25, -0.2) is 0 Å². The summed E-state index contributed by atoms with van der Waals surface area (Å²) in [6.45, 7) is 0. The van der Waals surface area contributed by atoms with Crippen molar-refractivity contribution in [2.75, 3.05) is 0 Å². The van der Waals surface area contributed by atoms with Gasteiger partial charge in [0.25, 0.3) is 0 Å². The zero-order valence-electron chi connectivity index (χ0n) is 1.71. The van der Waals surface area contributed by atoms with Crippen molar-refractivity contribution in [3.8, 4) is 0 Å². The standard InChI is InChI=1S/Ba.2H2O.Zn.2H/h;2*1H2;;;. The summed E-state index contributed by atoms with van der Waals surface area (Å²) in [5, 5.41) is 0. The van der Waals surface area contributed by atoms with E-state index in [1.165, 1.54) is 0 Å². The molecule has 0 amide bonds. The molecule has 4 heavy (non-hydrogen) atoms. The van der Waals surface area contributed by atoms with E-state index in [-0.39, 0.29) is 79.3 Å². The van der Waals surface area contributed by atoms with Crippen molar-refractivity contribution in [3.63, 3.8) is 0 Å². The first-order valence-electron chi connectivity index (χ1n) is 0. The van der Waals surface area contributed by atoms with E-state index < -0.39 is 0 Å². The SMILES string of the molecule is O.O.[BaH2].[Zn]. The van der Waals surface area contributed by atoms with E-state index in [1.54, 1.807) is 0 Å². The minimum atomic E-state index is 0. The molecule has 0 aliphatic carbocycles. The first-order chi connectivity index (χ1) is 0. The van der Waals surface area contributed by atoms with E-state index in [2.05, 4.69) is 0 Å². The molecule has 22 valence electrons. The van der Waals surface area contributed by atoms with Crippen LogP contribution in [-0.2, 0) is 19.5 Å². The molecule has 2 nitrogen and oxygen atoms in total. The van der Waals surface area contributed by atoms with Crippen molar-refractivity contribution in [2.45, 2.75) is 0 Å². The maximum Gasteiger partial charge on any atom is 0 e. The molecule has 0 heterocycles. The Morgan fingerprint density at radius 1 is 0.750 bits per heavy atom. The molecule has 0 rings (SSSR count). The second kappa shape index (κ2) is 19.4. The molecule has 0 radical (unpaired) electrons. The van der Waals surface area contributed by atoms with Gasteiger partial charge in [0.2, 0.25) is 0 Å². The maximum absolute atomic E-state index is 0. The Labute approximate surface area is 77.8 Å². The van der Waals surface area contributed by atoms with Crippen LogP contribution in [0.2, 0.25) is 0 Å². The van der Waals surface area contributed by atoms with E-state index in [0.717, 1.165) is 0 Å². The van der Waals surface area contributed by atoms with Crippen LogP contribution in [0, 0.1) is 0 Å². The molecule has 0 saturated carbocycles. The molecule has 0 aliphatic rings. The van der Waals surface area contributed by atoms with Crippen LogP contribution in [0.15, 0.2) is 0 Å². The molecule has 0 bridgehead atoms. The number of hydrogen-bond acceptors (Lipinski definition) is 0. The first kappa shape index (κ1) is 35.8. The molecule has 0 saturated heterocycles. The molecule has 0 aromatic rings. The van der Waals surface area contributed by atoms with Crippen molar-refractivity contribution in [1.82, 2.24) is 0 Å². The van der Waals surface area contributed by atoms with Crippen LogP contribution in [-0.4, -0.2) is 59.8 Å². The van der Waals surface area contributed by atoms with Crippen molar-refractivity contribution >= 4 is 48.9 Å². The summed E-state index contributed by atoms with van der Waals surface area (Å²) in [5.74, 6) is 0. The van der Waals surface area contributed by atoms with Gasteiger partial charge in [-0.05, 0) is 0 Å². The van der Waals surface area contributed by atoms with Gasteiger partial charge in [0.1, 0.15) is 0 Å². The third-order valence-corrected chi connectivity index (χ3v) is 0. The van der Waals surface area contributed by atoms with E-state index in [9.17, 15) is 0 Å². The van der Waals surface area contributed by atoms with Crippen LogP contribution in [0.4, 0.5) is 0 Å². The number of hydrogen-bond donors (Lipinski definition) is 0. The van der Waals surface area contributed by atoms with Crippen molar-refractivity contribution in [3.05, 3.63) is 0 Å². The smallest absolute Gasteiger partial charge is 0 e. The van der Waals surface area contributed by atoms with Crippen LogP contribution in [0.25, 0.3) is 0 Å². The van der Waals surface area contributed by atoms with Gasteiger partial charge in [0.05, 0.1) is 0 Å². The van der Waals surface area contributed by atoms with Crippen LogP contribution in [0.1, 0.15) is 0 Å². The van der Waals surface area contributed by atoms with Crippen LogP contribution >= 0.6 is 0 Å². The Morgan fingerprint density at radius 3 is 0.750 bits per heavy atom. The molecule has 0 fully saturated rings. The first-order valence-corrected chi connectivity index (χ1v) is 0. The molecule has 4 heteroatoms. The van der Waals surface area contributed by atoms with Crippen LogP contribution in [0.3, 0.4) is 0 Å². The quantitative estimate of drug-likeness (QED) is 0.418. The van der Waals surface area contributed by atoms with E-state index in [0.29, 0.717) is 0 Å². The van der Waals surface area contributed by atoms with Gasteiger partial charge in [-0.2, -0.15) is 0 Å². The largest absolute Gasteiger partial charge is 0 e. The Hall–Kier alpha value is 2.11. The van der Waals surface area contributed by atoms with Crippen molar-refractivity contribution in [2.24, 2.45) is 0 Å². The predicted molar refractivity (Wildman–Crippen MR) is 15.8 cm³/mol. The molecular formula is H6BaO2Zn. The Morgan fingerprint density at radius 2 is 0.750 bits per heavy atom. The monoisotopic (exact) mass is 240 g/mol. The molecule has 0 unspecified atom stereocenters. The van der Waals surface area contributed by atoms with Crippen LogP contribution < -0.4 is 0 Å². The Kier molecular flexibility index (Phi) is 173. The summed E-state index contributed by atoms with van der Waals surface area (Å²) in [4.78, 5) is 0. The molecule has 0 atom stereocenters. The molecule has 0 aliphatic heterocycles. The summed E-state index contributed by atoms with van der Waals surface area (Å²) in [7, 11) is 0. The van der Waals surface area contributed by atoms with Crippen LogP contribution in [0.5, 0.6) is 0 Å². The molecule has 0 aromatic carbocycles. The Bertz CT molecular complexity index is 6.00. The summed E-state index contributed by atoms with van der Waals surface area (Å²) in [5.41, 5.74) is 0. The minimum absolute atomic E-state index is 0. The zero-order valence-corrected chi connectivity index (χ0v) is 4.67. The van der Waals surface area contributed by atoms with Gasteiger partial charge in [-0.1, -0.05) is 0 Å². The van der Waals surface area contributed by atoms with Gasteiger partial charge in [-0.15, -0.1) is 0 Å². The fourth-order valence-corrected chi connectivity index (χ4v) is 0. The average Bonchev–Trinajstić information content (AvgIpc) is 0. The maximum atomic E-state index is 0. The zero-order chi connectivity index (χ0) is 0. The second-order valence-electron chi connectivity index (χ2n) is 0. The fourth-order valence-electron chi connectivity index (χ4n) is 0. The molecular weight excluding hydrogens is 235 g/mol. The molecule has 0 aromatic heterocycles. The van der Waals surface area contributed by atoms with Gasteiger partial charge >= 0.3 is 48.9 Å². The van der Waals surface area contributed by atoms with Gasteiger partial charge in [-0.3, -0.25) is 0 Å². The van der Waals surface area contributed by atoms with E-state index >= 15 is 0 Å². The van der Waals surface area contributed by atoms with E-state index in [4.69, 9.17) is 0 Å². The predicted octanol–water partition coefficient (Wildman–Crippen LogP) is -2.57. The average molecular weight is 241 g/mol. The third kappa shape index (κ3) is 8.93. The summed E-state index contributed by atoms with van der Waals surface area (Å²) >= 11 is 0. The number of rotatable bonds is 0. The normalized spacial score (nSPS) is 0. The van der Waals surface area contributed by atoms with Gasteiger partial charge in [0.15, 0.2) is 0 Å².